The van der Waals surface area contributed by atoms with Gasteiger partial charge in [0.15, 0.2) is 6.61 Å². The predicted molar refractivity (Wildman–Crippen MR) is 115 cm³/mol. The number of rotatable bonds is 6. The largest absolute Gasteiger partial charge is 0.484 e. The summed E-state index contributed by atoms with van der Waals surface area (Å²) in [6.45, 7) is 3.86. The van der Waals surface area contributed by atoms with Crippen molar-refractivity contribution in [3.8, 4) is 28.6 Å². The molecule has 6 heteroatoms. The first-order chi connectivity index (χ1) is 14.6. The Morgan fingerprint density at radius 3 is 2.50 bits per heavy atom. The summed E-state index contributed by atoms with van der Waals surface area (Å²) in [5.41, 5.74) is 4.56. The maximum atomic E-state index is 12.2. The van der Waals surface area contributed by atoms with Crippen molar-refractivity contribution in [1.82, 2.24) is 10.1 Å². The van der Waals surface area contributed by atoms with Crippen molar-refractivity contribution in [3.63, 3.8) is 0 Å². The van der Waals surface area contributed by atoms with Crippen molar-refractivity contribution >= 4 is 11.6 Å². The third-order valence-corrected chi connectivity index (χ3v) is 4.60. The van der Waals surface area contributed by atoms with Crippen LogP contribution in [-0.2, 0) is 4.79 Å². The van der Waals surface area contributed by atoms with E-state index >= 15 is 0 Å². The first kappa shape index (κ1) is 19.4. The highest BCUT2D eigenvalue weighted by Gasteiger charge is 2.11. The molecule has 0 unspecified atom stereocenters. The van der Waals surface area contributed by atoms with Crippen molar-refractivity contribution in [2.24, 2.45) is 0 Å². The number of amides is 1. The van der Waals surface area contributed by atoms with Crippen LogP contribution < -0.4 is 10.1 Å². The number of nitrogens with one attached hydrogen (secondary N) is 1. The molecule has 1 aromatic heterocycles. The molecule has 0 radical (unpaired) electrons. The highest BCUT2D eigenvalue weighted by atomic mass is 16.5. The number of nitrogens with zero attached hydrogens (tertiary/aromatic N) is 2. The second kappa shape index (κ2) is 8.61. The minimum Gasteiger partial charge on any atom is -0.484 e. The van der Waals surface area contributed by atoms with Crippen molar-refractivity contribution in [1.29, 1.82) is 0 Å². The van der Waals surface area contributed by atoms with Gasteiger partial charge in [0, 0.05) is 16.8 Å². The van der Waals surface area contributed by atoms with E-state index in [1.807, 2.05) is 74.5 Å². The number of carbonyl (C=O) groups is 1. The summed E-state index contributed by atoms with van der Waals surface area (Å²) in [5.74, 6) is 1.33. The standard InChI is InChI=1S/C24H21N3O3/c1-16-8-9-17(2)21(14-16)25-22(28)15-29-20-12-10-19(11-13-20)24-26-23(27-30-24)18-6-4-3-5-7-18/h3-14H,15H2,1-2H3,(H,25,28). The van der Waals surface area contributed by atoms with E-state index in [1.54, 1.807) is 12.1 Å². The molecule has 4 aromatic rings. The molecule has 1 heterocycles. The zero-order valence-electron chi connectivity index (χ0n) is 16.8. The van der Waals surface area contributed by atoms with Crippen LogP contribution in [0.3, 0.4) is 0 Å². The van der Waals surface area contributed by atoms with Crippen LogP contribution in [0.2, 0.25) is 0 Å². The molecule has 0 spiro atoms. The summed E-state index contributed by atoms with van der Waals surface area (Å²) in [6.07, 6.45) is 0. The summed E-state index contributed by atoms with van der Waals surface area (Å²) in [7, 11) is 0. The van der Waals surface area contributed by atoms with E-state index in [0.717, 1.165) is 27.9 Å². The van der Waals surface area contributed by atoms with Crippen LogP contribution in [0, 0.1) is 13.8 Å². The molecule has 0 atom stereocenters. The van der Waals surface area contributed by atoms with E-state index in [0.29, 0.717) is 17.5 Å². The molecule has 0 aliphatic carbocycles. The fourth-order valence-corrected chi connectivity index (χ4v) is 2.94. The van der Waals surface area contributed by atoms with E-state index in [1.165, 1.54) is 0 Å². The lowest BCUT2D eigenvalue weighted by Gasteiger charge is -2.10. The molecule has 1 amide bonds. The topological polar surface area (TPSA) is 77.2 Å². The average Bonchev–Trinajstić information content (AvgIpc) is 3.26. The van der Waals surface area contributed by atoms with Crippen molar-refractivity contribution in [2.45, 2.75) is 13.8 Å². The van der Waals surface area contributed by atoms with Crippen molar-refractivity contribution < 1.29 is 14.1 Å². The van der Waals surface area contributed by atoms with Gasteiger partial charge in [-0.1, -0.05) is 47.6 Å². The molecule has 0 saturated carbocycles. The molecule has 0 saturated heterocycles. The molecule has 3 aromatic carbocycles. The molecule has 0 aliphatic heterocycles. The molecule has 30 heavy (non-hydrogen) atoms. The summed E-state index contributed by atoms with van der Waals surface area (Å²) >= 11 is 0. The second-order valence-electron chi connectivity index (χ2n) is 6.97. The number of hydrogen-bond acceptors (Lipinski definition) is 5. The highest BCUT2D eigenvalue weighted by Crippen LogP contribution is 2.24. The highest BCUT2D eigenvalue weighted by molar-refractivity contribution is 5.92. The number of anilines is 1. The van der Waals surface area contributed by atoms with Gasteiger partial charge in [-0.15, -0.1) is 0 Å². The Kier molecular flexibility index (Phi) is 5.57. The fraction of sp³-hybridized carbons (Fsp3) is 0.125. The van der Waals surface area contributed by atoms with Gasteiger partial charge >= 0.3 is 0 Å². The van der Waals surface area contributed by atoms with E-state index < -0.39 is 0 Å². The molecule has 150 valence electrons. The van der Waals surface area contributed by atoms with Crippen LogP contribution >= 0.6 is 0 Å². The molecule has 0 aliphatic rings. The smallest absolute Gasteiger partial charge is 0.262 e. The van der Waals surface area contributed by atoms with Gasteiger partial charge in [0.1, 0.15) is 5.75 Å². The van der Waals surface area contributed by atoms with Crippen LogP contribution in [0.5, 0.6) is 5.75 Å². The van der Waals surface area contributed by atoms with Gasteiger partial charge in [0.25, 0.3) is 11.8 Å². The molecule has 6 nitrogen and oxygen atoms in total. The Hall–Kier alpha value is -3.93. The van der Waals surface area contributed by atoms with Gasteiger partial charge in [0.05, 0.1) is 0 Å². The van der Waals surface area contributed by atoms with Crippen LogP contribution in [0.25, 0.3) is 22.8 Å². The van der Waals surface area contributed by atoms with Gasteiger partial charge in [-0.05, 0) is 55.3 Å². The predicted octanol–water partition coefficient (Wildman–Crippen LogP) is 5.04. The molecule has 0 bridgehead atoms. The maximum Gasteiger partial charge on any atom is 0.262 e. The summed E-state index contributed by atoms with van der Waals surface area (Å²) in [5, 5.41) is 6.91. The van der Waals surface area contributed by atoms with E-state index in [4.69, 9.17) is 9.26 Å². The SMILES string of the molecule is Cc1ccc(C)c(NC(=O)COc2ccc(-c3nc(-c4ccccc4)no3)cc2)c1. The molecular weight excluding hydrogens is 378 g/mol. The number of aryl methyl sites for hydroxylation is 2. The Balaban J connectivity index is 1.36. The molecule has 4 rings (SSSR count). The molecular formula is C24H21N3O3. The van der Waals surface area contributed by atoms with Gasteiger partial charge in [0.2, 0.25) is 5.82 Å². The van der Waals surface area contributed by atoms with Crippen molar-refractivity contribution in [2.75, 3.05) is 11.9 Å². The zero-order valence-corrected chi connectivity index (χ0v) is 16.8. The van der Waals surface area contributed by atoms with E-state index in [9.17, 15) is 4.79 Å². The minimum atomic E-state index is -0.211. The third kappa shape index (κ3) is 4.55. The molecule has 1 N–H and O–H groups in total. The van der Waals surface area contributed by atoms with Crippen molar-refractivity contribution in [3.05, 3.63) is 83.9 Å². The number of benzene rings is 3. The van der Waals surface area contributed by atoms with Gasteiger partial charge in [-0.2, -0.15) is 4.98 Å². The zero-order chi connectivity index (χ0) is 20.9. The summed E-state index contributed by atoms with van der Waals surface area (Å²) in [4.78, 5) is 16.6. The first-order valence-corrected chi connectivity index (χ1v) is 9.58. The first-order valence-electron chi connectivity index (χ1n) is 9.58. The Bertz CT molecular complexity index is 1150. The Labute approximate surface area is 174 Å². The summed E-state index contributed by atoms with van der Waals surface area (Å²) < 4.78 is 11.0. The summed E-state index contributed by atoms with van der Waals surface area (Å²) in [6, 6.07) is 22.7. The van der Waals surface area contributed by atoms with E-state index in [-0.39, 0.29) is 12.5 Å². The van der Waals surface area contributed by atoms with Crippen LogP contribution in [0.4, 0.5) is 5.69 Å². The minimum absolute atomic E-state index is 0.0779. The quantitative estimate of drug-likeness (QED) is 0.492. The lowest BCUT2D eigenvalue weighted by Crippen LogP contribution is -2.20. The fourth-order valence-electron chi connectivity index (χ4n) is 2.94. The average molecular weight is 399 g/mol. The lowest BCUT2D eigenvalue weighted by atomic mass is 10.1. The monoisotopic (exact) mass is 399 g/mol. The van der Waals surface area contributed by atoms with Crippen LogP contribution in [0.15, 0.2) is 77.3 Å². The number of carbonyl (C=O) groups excluding carboxylic acids is 1. The van der Waals surface area contributed by atoms with E-state index in [2.05, 4.69) is 15.5 Å². The number of aromatic nitrogens is 2. The lowest BCUT2D eigenvalue weighted by molar-refractivity contribution is -0.118. The third-order valence-electron chi connectivity index (χ3n) is 4.60. The van der Waals surface area contributed by atoms with Gasteiger partial charge in [-0.25, -0.2) is 0 Å². The normalized spacial score (nSPS) is 10.6. The van der Waals surface area contributed by atoms with Gasteiger partial charge < -0.3 is 14.6 Å². The number of ether oxygens (including phenoxy) is 1. The maximum absolute atomic E-state index is 12.2. The van der Waals surface area contributed by atoms with Crippen LogP contribution in [-0.4, -0.2) is 22.7 Å². The second-order valence-corrected chi connectivity index (χ2v) is 6.97. The Morgan fingerprint density at radius 2 is 1.73 bits per heavy atom. The van der Waals surface area contributed by atoms with Gasteiger partial charge in [-0.3, -0.25) is 4.79 Å². The number of hydrogen-bond donors (Lipinski definition) is 1. The molecule has 0 fully saturated rings. The Morgan fingerprint density at radius 1 is 0.967 bits per heavy atom. The van der Waals surface area contributed by atoms with Crippen LogP contribution in [0.1, 0.15) is 11.1 Å².